The summed E-state index contributed by atoms with van der Waals surface area (Å²) < 4.78 is 0. The highest BCUT2D eigenvalue weighted by Gasteiger charge is 1.80. The molecule has 0 aromatic carbocycles. The van der Waals surface area contributed by atoms with Gasteiger partial charge in [0.15, 0.2) is 0 Å². The smallest absolute Gasteiger partial charge is 0 e. The van der Waals surface area contributed by atoms with Crippen LogP contribution in [0.1, 0.15) is 27.2 Å². The lowest BCUT2D eigenvalue weighted by Gasteiger charge is -1.90. The highest BCUT2D eigenvalue weighted by Crippen LogP contribution is 1.93. The standard InChI is InChI=1S/C5H12.B/c1-4-5(2)3;/h5H,4H2,1-3H3;. The van der Waals surface area contributed by atoms with Gasteiger partial charge in [0.05, 0.1) is 0 Å². The highest BCUT2D eigenvalue weighted by atomic mass is 13.9. The van der Waals surface area contributed by atoms with E-state index in [1.165, 1.54) is 6.42 Å². The fourth-order valence-corrected chi connectivity index (χ4v) is 0. The van der Waals surface area contributed by atoms with Gasteiger partial charge in [-0.3, -0.25) is 0 Å². The van der Waals surface area contributed by atoms with Gasteiger partial charge in [-0.25, -0.2) is 0 Å². The molecule has 0 saturated carbocycles. The molecule has 0 N–H and O–H groups in total. The van der Waals surface area contributed by atoms with Crippen molar-refractivity contribution in [1.82, 2.24) is 0 Å². The zero-order valence-electron chi connectivity index (χ0n) is 4.86. The van der Waals surface area contributed by atoms with E-state index in [2.05, 4.69) is 20.8 Å². The van der Waals surface area contributed by atoms with Crippen molar-refractivity contribution >= 4 is 8.41 Å². The fraction of sp³-hybridized carbons (Fsp3) is 1.00. The van der Waals surface area contributed by atoms with Gasteiger partial charge in [0.1, 0.15) is 0 Å². The zero-order valence-corrected chi connectivity index (χ0v) is 4.86. The van der Waals surface area contributed by atoms with E-state index in [1.54, 1.807) is 0 Å². The Morgan fingerprint density at radius 1 is 1.33 bits per heavy atom. The minimum Gasteiger partial charge on any atom is -0.0651 e. The Balaban J connectivity index is 0. The van der Waals surface area contributed by atoms with Crippen molar-refractivity contribution in [3.8, 4) is 0 Å². The summed E-state index contributed by atoms with van der Waals surface area (Å²) in [5, 5.41) is 0. The van der Waals surface area contributed by atoms with Crippen molar-refractivity contribution in [3.63, 3.8) is 0 Å². The minimum absolute atomic E-state index is 0. The van der Waals surface area contributed by atoms with Gasteiger partial charge >= 0.3 is 0 Å². The molecule has 0 bridgehead atoms. The van der Waals surface area contributed by atoms with Gasteiger partial charge in [0, 0.05) is 8.41 Å². The zero-order chi connectivity index (χ0) is 4.28. The monoisotopic (exact) mass is 83.1 g/mol. The number of hydrogen-bond acceptors (Lipinski definition) is 0. The summed E-state index contributed by atoms with van der Waals surface area (Å²) in [6.45, 7) is 6.64. The van der Waals surface area contributed by atoms with Gasteiger partial charge in [-0.15, -0.1) is 0 Å². The Morgan fingerprint density at radius 2 is 1.50 bits per heavy atom. The second-order valence-electron chi connectivity index (χ2n) is 1.80. The molecule has 0 amide bonds. The summed E-state index contributed by atoms with van der Waals surface area (Å²) >= 11 is 0. The summed E-state index contributed by atoms with van der Waals surface area (Å²) in [4.78, 5) is 0. The maximum absolute atomic E-state index is 2.22. The molecule has 0 nitrogen and oxygen atoms in total. The second kappa shape index (κ2) is 5.06. The summed E-state index contributed by atoms with van der Waals surface area (Å²) in [6.07, 6.45) is 1.31. The summed E-state index contributed by atoms with van der Waals surface area (Å²) in [5.41, 5.74) is 0. The molecule has 0 atom stereocenters. The lowest BCUT2D eigenvalue weighted by Crippen LogP contribution is -1.77. The van der Waals surface area contributed by atoms with Gasteiger partial charge in [-0.1, -0.05) is 27.2 Å². The summed E-state index contributed by atoms with van der Waals surface area (Å²) in [6, 6.07) is 0. The molecule has 0 aliphatic carbocycles. The molecule has 35 valence electrons. The molecule has 0 saturated heterocycles. The molecule has 0 aliphatic heterocycles. The summed E-state index contributed by atoms with van der Waals surface area (Å²) in [7, 11) is 0. The van der Waals surface area contributed by atoms with Gasteiger partial charge < -0.3 is 0 Å². The maximum atomic E-state index is 2.22. The van der Waals surface area contributed by atoms with Crippen LogP contribution in [0.15, 0.2) is 0 Å². The first-order valence-electron chi connectivity index (χ1n) is 2.27. The molecule has 0 rings (SSSR count). The Kier molecular flexibility index (Phi) is 7.95. The Morgan fingerprint density at radius 3 is 1.50 bits per heavy atom. The summed E-state index contributed by atoms with van der Waals surface area (Å²) in [5.74, 6) is 0.884. The Hall–Kier alpha value is 0.0649. The predicted octanol–water partition coefficient (Wildman–Crippen LogP) is 1.67. The molecule has 0 heterocycles. The lowest BCUT2D eigenvalue weighted by atomic mass is 10.2. The van der Waals surface area contributed by atoms with Crippen LogP contribution in [0.3, 0.4) is 0 Å². The quantitative estimate of drug-likeness (QED) is 0.423. The Labute approximate surface area is 42.5 Å². The SMILES string of the molecule is CCC(C)C.[B]. The van der Waals surface area contributed by atoms with E-state index >= 15 is 0 Å². The van der Waals surface area contributed by atoms with Crippen LogP contribution in [0.25, 0.3) is 0 Å². The first-order valence-corrected chi connectivity index (χ1v) is 2.27. The largest absolute Gasteiger partial charge is 0.0651 e. The van der Waals surface area contributed by atoms with Gasteiger partial charge in [-0.05, 0) is 5.92 Å². The minimum atomic E-state index is 0. The topological polar surface area (TPSA) is 0 Å². The van der Waals surface area contributed by atoms with Crippen LogP contribution in [-0.4, -0.2) is 8.41 Å². The number of hydrogen-bond donors (Lipinski definition) is 0. The lowest BCUT2D eigenvalue weighted by molar-refractivity contribution is 0.626. The van der Waals surface area contributed by atoms with E-state index < -0.39 is 0 Å². The van der Waals surface area contributed by atoms with Crippen LogP contribution in [-0.2, 0) is 0 Å². The molecule has 0 fully saturated rings. The first kappa shape index (κ1) is 9.42. The third-order valence-electron chi connectivity index (χ3n) is 0.816. The molecular weight excluding hydrogens is 70.9 g/mol. The average molecular weight is 83.0 g/mol. The van der Waals surface area contributed by atoms with Crippen molar-refractivity contribution in [3.05, 3.63) is 0 Å². The molecule has 0 aromatic heterocycles. The van der Waals surface area contributed by atoms with Crippen LogP contribution in [0.2, 0.25) is 0 Å². The Bertz CT molecular complexity index is 17.9. The van der Waals surface area contributed by atoms with Crippen molar-refractivity contribution < 1.29 is 0 Å². The molecule has 6 heavy (non-hydrogen) atoms. The second-order valence-corrected chi connectivity index (χ2v) is 1.80. The van der Waals surface area contributed by atoms with E-state index in [-0.39, 0.29) is 8.41 Å². The van der Waals surface area contributed by atoms with Gasteiger partial charge in [0.2, 0.25) is 0 Å². The molecule has 0 aliphatic rings. The van der Waals surface area contributed by atoms with Crippen LogP contribution < -0.4 is 0 Å². The third kappa shape index (κ3) is 8.96. The van der Waals surface area contributed by atoms with Crippen LogP contribution in [0, 0.1) is 5.92 Å². The molecule has 0 aromatic rings. The highest BCUT2D eigenvalue weighted by molar-refractivity contribution is 5.75. The first-order chi connectivity index (χ1) is 2.27. The number of rotatable bonds is 1. The van der Waals surface area contributed by atoms with E-state index in [9.17, 15) is 0 Å². The van der Waals surface area contributed by atoms with Crippen LogP contribution in [0.4, 0.5) is 0 Å². The predicted molar refractivity (Wildman–Crippen MR) is 30.9 cm³/mol. The van der Waals surface area contributed by atoms with E-state index in [1.807, 2.05) is 0 Å². The average Bonchev–Trinajstić information content (AvgIpc) is 1.38. The van der Waals surface area contributed by atoms with Crippen molar-refractivity contribution in [2.75, 3.05) is 0 Å². The fourth-order valence-electron chi connectivity index (χ4n) is 0. The maximum Gasteiger partial charge on any atom is 0 e. The van der Waals surface area contributed by atoms with Crippen LogP contribution >= 0.6 is 0 Å². The molecule has 1 heteroatoms. The molecule has 0 unspecified atom stereocenters. The normalized spacial score (nSPS) is 8.00. The van der Waals surface area contributed by atoms with Gasteiger partial charge in [0.25, 0.3) is 0 Å². The van der Waals surface area contributed by atoms with Crippen molar-refractivity contribution in [2.24, 2.45) is 5.92 Å². The molecule has 0 spiro atoms. The molecule has 3 radical (unpaired) electrons. The van der Waals surface area contributed by atoms with Gasteiger partial charge in [-0.2, -0.15) is 0 Å². The van der Waals surface area contributed by atoms with E-state index in [0.717, 1.165) is 5.92 Å². The van der Waals surface area contributed by atoms with E-state index in [0.29, 0.717) is 0 Å². The van der Waals surface area contributed by atoms with Crippen LogP contribution in [0.5, 0.6) is 0 Å². The van der Waals surface area contributed by atoms with Crippen molar-refractivity contribution in [2.45, 2.75) is 27.2 Å². The van der Waals surface area contributed by atoms with Crippen molar-refractivity contribution in [1.29, 1.82) is 0 Å². The third-order valence-corrected chi connectivity index (χ3v) is 0.816. The van der Waals surface area contributed by atoms with E-state index in [4.69, 9.17) is 0 Å². The molecular formula is C5H12B.